The average molecular weight is 338 g/mol. The van der Waals surface area contributed by atoms with Crippen molar-refractivity contribution >= 4 is 5.91 Å². The van der Waals surface area contributed by atoms with Crippen molar-refractivity contribution in [3.8, 4) is 11.8 Å². The van der Waals surface area contributed by atoms with Crippen LogP contribution in [0.15, 0.2) is 48.5 Å². The van der Waals surface area contributed by atoms with Gasteiger partial charge in [0.25, 0.3) is 0 Å². The van der Waals surface area contributed by atoms with Crippen LogP contribution in [0.5, 0.6) is 5.75 Å². The summed E-state index contributed by atoms with van der Waals surface area (Å²) in [6.45, 7) is 2.19. The van der Waals surface area contributed by atoms with E-state index in [4.69, 9.17) is 10.00 Å². The standard InChI is InChI=1S/C20H22N2O3/c1-15-5-4-8-19(11-15)25-14-18(23)13-22-20(24)12-17-7-3-2-6-16(17)9-10-21/h2-8,11,18,23H,9,12-14H2,1H3,(H,22,24). The molecular formula is C20H22N2O3. The van der Waals surface area contributed by atoms with Gasteiger partial charge in [-0.05, 0) is 35.7 Å². The normalized spacial score (nSPS) is 11.4. The zero-order valence-electron chi connectivity index (χ0n) is 14.2. The molecule has 0 radical (unpaired) electrons. The summed E-state index contributed by atoms with van der Waals surface area (Å²) in [4.78, 5) is 12.0. The Morgan fingerprint density at radius 1 is 1.24 bits per heavy atom. The highest BCUT2D eigenvalue weighted by Gasteiger charge is 2.11. The highest BCUT2D eigenvalue weighted by Crippen LogP contribution is 2.12. The molecular weight excluding hydrogens is 316 g/mol. The largest absolute Gasteiger partial charge is 0.491 e. The molecule has 2 rings (SSSR count). The lowest BCUT2D eigenvalue weighted by molar-refractivity contribution is -0.121. The van der Waals surface area contributed by atoms with Gasteiger partial charge < -0.3 is 15.2 Å². The Balaban J connectivity index is 1.77. The maximum atomic E-state index is 12.0. The summed E-state index contributed by atoms with van der Waals surface area (Å²) in [6, 6.07) is 17.0. The van der Waals surface area contributed by atoms with E-state index in [1.54, 1.807) is 0 Å². The lowest BCUT2D eigenvalue weighted by Gasteiger charge is -2.14. The minimum absolute atomic E-state index is 0.106. The Hall–Kier alpha value is -2.84. The van der Waals surface area contributed by atoms with Crippen molar-refractivity contribution in [3.63, 3.8) is 0 Å². The Bertz CT molecular complexity index is 753. The summed E-state index contributed by atoms with van der Waals surface area (Å²) in [5.74, 6) is 0.496. The molecule has 2 aromatic carbocycles. The molecule has 2 aromatic rings. The minimum Gasteiger partial charge on any atom is -0.491 e. The fraction of sp³-hybridized carbons (Fsp3) is 0.300. The first-order valence-corrected chi connectivity index (χ1v) is 8.16. The third-order valence-corrected chi connectivity index (χ3v) is 3.71. The highest BCUT2D eigenvalue weighted by molar-refractivity contribution is 5.79. The molecule has 0 fully saturated rings. The number of nitriles is 1. The van der Waals surface area contributed by atoms with E-state index in [2.05, 4.69) is 11.4 Å². The second-order valence-corrected chi connectivity index (χ2v) is 5.87. The van der Waals surface area contributed by atoms with Crippen LogP contribution in [0.4, 0.5) is 0 Å². The Kier molecular flexibility index (Phi) is 7.00. The molecule has 130 valence electrons. The number of amides is 1. The molecule has 2 N–H and O–H groups in total. The summed E-state index contributed by atoms with van der Waals surface area (Å²) in [5.41, 5.74) is 2.76. The summed E-state index contributed by atoms with van der Waals surface area (Å²) >= 11 is 0. The molecule has 5 heteroatoms. The van der Waals surface area contributed by atoms with Gasteiger partial charge in [0, 0.05) is 6.54 Å². The van der Waals surface area contributed by atoms with Gasteiger partial charge in [0.15, 0.2) is 0 Å². The van der Waals surface area contributed by atoms with E-state index in [9.17, 15) is 9.90 Å². The molecule has 0 aliphatic heterocycles. The molecule has 1 unspecified atom stereocenters. The monoisotopic (exact) mass is 338 g/mol. The fourth-order valence-electron chi connectivity index (χ4n) is 2.41. The molecule has 0 heterocycles. The van der Waals surface area contributed by atoms with Gasteiger partial charge in [0.05, 0.1) is 18.9 Å². The van der Waals surface area contributed by atoms with E-state index in [-0.39, 0.29) is 31.9 Å². The van der Waals surface area contributed by atoms with Gasteiger partial charge in [0.2, 0.25) is 5.91 Å². The van der Waals surface area contributed by atoms with Gasteiger partial charge in [-0.2, -0.15) is 5.26 Å². The molecule has 0 aliphatic rings. The van der Waals surface area contributed by atoms with Crippen LogP contribution in [-0.2, 0) is 17.6 Å². The number of hydrogen-bond donors (Lipinski definition) is 2. The van der Waals surface area contributed by atoms with Crippen molar-refractivity contribution in [2.45, 2.75) is 25.9 Å². The zero-order chi connectivity index (χ0) is 18.1. The molecule has 0 aromatic heterocycles. The summed E-state index contributed by atoms with van der Waals surface area (Å²) in [6.07, 6.45) is -0.335. The van der Waals surface area contributed by atoms with Gasteiger partial charge >= 0.3 is 0 Å². The number of aliphatic hydroxyl groups excluding tert-OH is 1. The first kappa shape index (κ1) is 18.5. The van der Waals surface area contributed by atoms with Crippen LogP contribution < -0.4 is 10.1 Å². The number of nitrogens with zero attached hydrogens (tertiary/aromatic N) is 1. The van der Waals surface area contributed by atoms with E-state index >= 15 is 0 Å². The molecule has 0 saturated carbocycles. The Morgan fingerprint density at radius 2 is 2.00 bits per heavy atom. The number of ether oxygens (including phenoxy) is 1. The lowest BCUT2D eigenvalue weighted by Crippen LogP contribution is -2.36. The first-order chi connectivity index (χ1) is 12.1. The van der Waals surface area contributed by atoms with Crippen LogP contribution in [-0.4, -0.2) is 30.3 Å². The lowest BCUT2D eigenvalue weighted by atomic mass is 10.0. The molecule has 0 aliphatic carbocycles. The maximum absolute atomic E-state index is 12.0. The maximum Gasteiger partial charge on any atom is 0.224 e. The summed E-state index contributed by atoms with van der Waals surface area (Å²) < 4.78 is 5.51. The van der Waals surface area contributed by atoms with Gasteiger partial charge in [-0.25, -0.2) is 0 Å². The van der Waals surface area contributed by atoms with Crippen LogP contribution in [0.25, 0.3) is 0 Å². The average Bonchev–Trinajstić information content (AvgIpc) is 2.60. The number of aryl methyl sites for hydroxylation is 1. The predicted octanol–water partition coefficient (Wildman–Crippen LogP) is 2.16. The second-order valence-electron chi connectivity index (χ2n) is 5.87. The zero-order valence-corrected chi connectivity index (χ0v) is 14.2. The minimum atomic E-state index is -0.793. The quantitative estimate of drug-likeness (QED) is 0.773. The number of hydrogen-bond acceptors (Lipinski definition) is 4. The first-order valence-electron chi connectivity index (χ1n) is 8.16. The van der Waals surface area contributed by atoms with E-state index in [1.165, 1.54) is 0 Å². The Morgan fingerprint density at radius 3 is 2.72 bits per heavy atom. The fourth-order valence-corrected chi connectivity index (χ4v) is 2.41. The summed E-state index contributed by atoms with van der Waals surface area (Å²) in [7, 11) is 0. The molecule has 0 bridgehead atoms. The number of aliphatic hydroxyl groups is 1. The number of benzene rings is 2. The molecule has 0 spiro atoms. The van der Waals surface area contributed by atoms with Crippen molar-refractivity contribution in [1.82, 2.24) is 5.32 Å². The number of carbonyl (C=O) groups excluding carboxylic acids is 1. The van der Waals surface area contributed by atoms with Gasteiger partial charge in [-0.3, -0.25) is 4.79 Å². The number of carbonyl (C=O) groups is 1. The third kappa shape index (κ3) is 6.28. The second kappa shape index (κ2) is 9.45. The van der Waals surface area contributed by atoms with Crippen LogP contribution in [0.1, 0.15) is 16.7 Å². The molecule has 1 atom stereocenters. The van der Waals surface area contributed by atoms with E-state index < -0.39 is 6.10 Å². The highest BCUT2D eigenvalue weighted by atomic mass is 16.5. The van der Waals surface area contributed by atoms with Crippen molar-refractivity contribution in [2.24, 2.45) is 0 Å². The molecule has 0 saturated heterocycles. The molecule has 1 amide bonds. The number of rotatable bonds is 8. The van der Waals surface area contributed by atoms with Gasteiger partial charge in [-0.15, -0.1) is 0 Å². The van der Waals surface area contributed by atoms with Crippen LogP contribution in [0.3, 0.4) is 0 Å². The smallest absolute Gasteiger partial charge is 0.224 e. The molecule has 5 nitrogen and oxygen atoms in total. The van der Waals surface area contributed by atoms with E-state index in [0.29, 0.717) is 5.75 Å². The summed E-state index contributed by atoms with van der Waals surface area (Å²) in [5, 5.41) is 21.5. The van der Waals surface area contributed by atoms with Crippen LogP contribution >= 0.6 is 0 Å². The van der Waals surface area contributed by atoms with Crippen LogP contribution in [0.2, 0.25) is 0 Å². The van der Waals surface area contributed by atoms with Gasteiger partial charge in [-0.1, -0.05) is 36.4 Å². The van der Waals surface area contributed by atoms with Crippen molar-refractivity contribution in [2.75, 3.05) is 13.2 Å². The topological polar surface area (TPSA) is 82.3 Å². The Labute approximate surface area is 147 Å². The third-order valence-electron chi connectivity index (χ3n) is 3.71. The molecule has 25 heavy (non-hydrogen) atoms. The van der Waals surface area contributed by atoms with Crippen molar-refractivity contribution < 1.29 is 14.6 Å². The van der Waals surface area contributed by atoms with E-state index in [0.717, 1.165) is 16.7 Å². The van der Waals surface area contributed by atoms with Crippen molar-refractivity contribution in [1.29, 1.82) is 5.26 Å². The van der Waals surface area contributed by atoms with E-state index in [1.807, 2.05) is 55.5 Å². The van der Waals surface area contributed by atoms with Gasteiger partial charge in [0.1, 0.15) is 18.5 Å². The predicted molar refractivity (Wildman–Crippen MR) is 95.2 cm³/mol. The van der Waals surface area contributed by atoms with Crippen LogP contribution in [0, 0.1) is 18.3 Å². The SMILES string of the molecule is Cc1cccc(OCC(O)CNC(=O)Cc2ccccc2CC#N)c1. The van der Waals surface area contributed by atoms with Crippen molar-refractivity contribution in [3.05, 3.63) is 65.2 Å². The number of nitrogens with one attached hydrogen (secondary N) is 1.